The van der Waals surface area contributed by atoms with Gasteiger partial charge in [-0.1, -0.05) is 40.9 Å². The summed E-state index contributed by atoms with van der Waals surface area (Å²) in [5.74, 6) is -0.396. The number of nitrogens with one attached hydrogen (secondary N) is 2. The zero-order valence-electron chi connectivity index (χ0n) is 17.4. The number of aromatic nitrogens is 3. The van der Waals surface area contributed by atoms with Crippen LogP contribution in [0.5, 0.6) is 0 Å². The smallest absolute Gasteiger partial charge is 0.269 e. The topological polar surface area (TPSA) is 71.8 Å². The predicted octanol–water partition coefficient (Wildman–Crippen LogP) is 7.03. The standard InChI is InChI=1S/C23H14Cl3N5OS2/c1-11-8-17-18(30-31(29-17)14-5-2-12(24)3-6-14)10-16(11)27-23(33)28-22(32)21-20(26)15-7-4-13(25)9-19(15)34-21/h2-10H,1H3,(H2,27,28,32,33). The number of anilines is 1. The van der Waals surface area contributed by atoms with Crippen molar-refractivity contribution in [2.75, 3.05) is 5.32 Å². The van der Waals surface area contributed by atoms with E-state index in [1.54, 1.807) is 35.1 Å². The van der Waals surface area contributed by atoms with Gasteiger partial charge in [-0.2, -0.15) is 4.80 Å². The summed E-state index contributed by atoms with van der Waals surface area (Å²) in [5.41, 5.74) is 3.78. The van der Waals surface area contributed by atoms with Gasteiger partial charge in [0.1, 0.15) is 15.9 Å². The van der Waals surface area contributed by atoms with Crippen LogP contribution in [0, 0.1) is 6.92 Å². The number of fused-ring (bicyclic) bond motifs is 2. The second kappa shape index (κ2) is 9.13. The fourth-order valence-electron chi connectivity index (χ4n) is 3.39. The van der Waals surface area contributed by atoms with Crippen molar-refractivity contribution in [2.24, 2.45) is 0 Å². The number of halogens is 3. The summed E-state index contributed by atoms with van der Waals surface area (Å²) in [6.45, 7) is 1.92. The Balaban J connectivity index is 1.36. The van der Waals surface area contributed by atoms with E-state index in [1.807, 2.05) is 31.2 Å². The van der Waals surface area contributed by atoms with Gasteiger partial charge in [0.05, 0.1) is 10.7 Å². The average molecular weight is 547 g/mol. The average Bonchev–Trinajstić information content (AvgIpc) is 3.34. The third-order valence-electron chi connectivity index (χ3n) is 5.06. The molecule has 5 rings (SSSR count). The van der Waals surface area contributed by atoms with Gasteiger partial charge in [-0.05, 0) is 73.2 Å². The van der Waals surface area contributed by atoms with Crippen molar-refractivity contribution < 1.29 is 4.79 Å². The lowest BCUT2D eigenvalue weighted by Gasteiger charge is -2.11. The molecule has 2 heterocycles. The lowest BCUT2D eigenvalue weighted by Crippen LogP contribution is -2.34. The first-order valence-corrected chi connectivity index (χ1v) is 12.3. The van der Waals surface area contributed by atoms with Crippen LogP contribution in [0.1, 0.15) is 15.2 Å². The summed E-state index contributed by atoms with van der Waals surface area (Å²) >= 11 is 25.1. The van der Waals surface area contributed by atoms with Crippen molar-refractivity contribution in [3.8, 4) is 5.69 Å². The Kier molecular flexibility index (Phi) is 6.18. The maximum atomic E-state index is 12.8. The summed E-state index contributed by atoms with van der Waals surface area (Å²) in [6, 6.07) is 16.3. The normalized spacial score (nSPS) is 11.2. The summed E-state index contributed by atoms with van der Waals surface area (Å²) in [4.78, 5) is 14.7. The number of amides is 1. The molecule has 6 nitrogen and oxygen atoms in total. The molecular weight excluding hydrogens is 533 g/mol. The molecule has 0 saturated heterocycles. The van der Waals surface area contributed by atoms with E-state index in [4.69, 9.17) is 47.0 Å². The number of carbonyl (C=O) groups is 1. The lowest BCUT2D eigenvalue weighted by molar-refractivity contribution is 0.0982. The molecule has 170 valence electrons. The van der Waals surface area contributed by atoms with Crippen molar-refractivity contribution in [3.63, 3.8) is 0 Å². The van der Waals surface area contributed by atoms with Gasteiger partial charge in [0.2, 0.25) is 0 Å². The fourth-order valence-corrected chi connectivity index (χ4v) is 5.41. The number of thiocarbonyl (C=S) groups is 1. The largest absolute Gasteiger partial charge is 0.332 e. The zero-order chi connectivity index (χ0) is 24.0. The number of rotatable bonds is 3. The molecule has 2 N–H and O–H groups in total. The van der Waals surface area contributed by atoms with Crippen molar-refractivity contribution in [1.29, 1.82) is 0 Å². The molecule has 0 unspecified atom stereocenters. The molecule has 0 spiro atoms. The number of aryl methyl sites for hydroxylation is 1. The number of nitrogens with zero attached hydrogens (tertiary/aromatic N) is 3. The van der Waals surface area contributed by atoms with E-state index >= 15 is 0 Å². The second-order valence-electron chi connectivity index (χ2n) is 7.42. The van der Waals surface area contributed by atoms with Crippen molar-refractivity contribution in [3.05, 3.63) is 80.1 Å². The van der Waals surface area contributed by atoms with Crippen LogP contribution < -0.4 is 10.6 Å². The van der Waals surface area contributed by atoms with E-state index < -0.39 is 5.91 Å². The molecule has 11 heteroatoms. The minimum absolute atomic E-state index is 0.143. The molecular formula is C23H14Cl3N5OS2. The van der Waals surface area contributed by atoms with Crippen molar-refractivity contribution in [1.82, 2.24) is 20.3 Å². The van der Waals surface area contributed by atoms with Gasteiger partial charge in [-0.15, -0.1) is 21.5 Å². The SMILES string of the molecule is Cc1cc2nn(-c3ccc(Cl)cc3)nc2cc1NC(=S)NC(=O)c1sc2cc(Cl)ccc2c1Cl. The van der Waals surface area contributed by atoms with Crippen LogP contribution in [0.25, 0.3) is 26.8 Å². The number of hydrogen-bond acceptors (Lipinski definition) is 5. The molecule has 0 aliphatic carbocycles. The van der Waals surface area contributed by atoms with E-state index in [0.717, 1.165) is 26.9 Å². The van der Waals surface area contributed by atoms with Crippen LogP contribution in [0.2, 0.25) is 15.1 Å². The van der Waals surface area contributed by atoms with Crippen LogP contribution in [0.4, 0.5) is 5.69 Å². The maximum Gasteiger partial charge on any atom is 0.269 e. The van der Waals surface area contributed by atoms with Gasteiger partial charge in [0.25, 0.3) is 5.91 Å². The van der Waals surface area contributed by atoms with Gasteiger partial charge >= 0.3 is 0 Å². The van der Waals surface area contributed by atoms with E-state index in [-0.39, 0.29) is 5.11 Å². The molecule has 5 aromatic rings. The fraction of sp³-hybridized carbons (Fsp3) is 0.0435. The highest BCUT2D eigenvalue weighted by atomic mass is 35.5. The Morgan fingerprint density at radius 1 is 0.971 bits per heavy atom. The van der Waals surface area contributed by atoms with Gasteiger partial charge in [-0.25, -0.2) is 0 Å². The molecule has 0 saturated carbocycles. The number of thiophene rings is 1. The first-order valence-electron chi connectivity index (χ1n) is 9.92. The quantitative estimate of drug-likeness (QED) is 0.238. The van der Waals surface area contributed by atoms with Gasteiger partial charge in [-0.3, -0.25) is 10.1 Å². The van der Waals surface area contributed by atoms with E-state index in [0.29, 0.717) is 31.1 Å². The van der Waals surface area contributed by atoms with E-state index in [1.165, 1.54) is 11.3 Å². The van der Waals surface area contributed by atoms with Gasteiger partial charge in [0, 0.05) is 25.8 Å². The summed E-state index contributed by atoms with van der Waals surface area (Å²) in [6.07, 6.45) is 0. The monoisotopic (exact) mass is 545 g/mol. The number of hydrogen-bond donors (Lipinski definition) is 2. The van der Waals surface area contributed by atoms with E-state index in [9.17, 15) is 4.79 Å². The first kappa shape index (κ1) is 23.0. The Hall–Kier alpha value is -2.75. The van der Waals surface area contributed by atoms with E-state index in [2.05, 4.69) is 20.8 Å². The summed E-state index contributed by atoms with van der Waals surface area (Å²) in [7, 11) is 0. The third kappa shape index (κ3) is 4.47. The predicted molar refractivity (Wildman–Crippen MR) is 144 cm³/mol. The molecule has 34 heavy (non-hydrogen) atoms. The third-order valence-corrected chi connectivity index (χ3v) is 7.40. The Bertz CT molecular complexity index is 1590. The van der Waals surface area contributed by atoms with Crippen LogP contribution in [0.3, 0.4) is 0 Å². The number of carbonyl (C=O) groups excluding carboxylic acids is 1. The highest BCUT2D eigenvalue weighted by Gasteiger charge is 2.19. The molecule has 0 atom stereocenters. The molecule has 0 aliphatic heterocycles. The lowest BCUT2D eigenvalue weighted by atomic mass is 10.2. The molecule has 0 fully saturated rings. The van der Waals surface area contributed by atoms with Gasteiger partial charge < -0.3 is 5.32 Å². The van der Waals surface area contributed by atoms with Crippen LogP contribution in [-0.4, -0.2) is 26.0 Å². The maximum absolute atomic E-state index is 12.8. The zero-order valence-corrected chi connectivity index (χ0v) is 21.3. The molecule has 1 amide bonds. The van der Waals surface area contributed by atoms with Gasteiger partial charge in [0.15, 0.2) is 5.11 Å². The second-order valence-corrected chi connectivity index (χ2v) is 10.1. The van der Waals surface area contributed by atoms with Crippen LogP contribution in [0.15, 0.2) is 54.6 Å². The highest BCUT2D eigenvalue weighted by Crippen LogP contribution is 2.36. The summed E-state index contributed by atoms with van der Waals surface area (Å²) < 4.78 is 0.826. The van der Waals surface area contributed by atoms with Crippen molar-refractivity contribution >= 4 is 96.2 Å². The molecule has 3 aromatic carbocycles. The minimum Gasteiger partial charge on any atom is -0.332 e. The summed E-state index contributed by atoms with van der Waals surface area (Å²) in [5, 5.41) is 17.3. The van der Waals surface area contributed by atoms with Crippen LogP contribution >= 0.6 is 58.4 Å². The molecule has 0 aliphatic rings. The minimum atomic E-state index is -0.396. The Morgan fingerprint density at radius 3 is 2.38 bits per heavy atom. The Labute approximate surface area is 218 Å². The molecule has 0 bridgehead atoms. The first-order chi connectivity index (χ1) is 16.3. The Morgan fingerprint density at radius 2 is 1.65 bits per heavy atom. The molecule has 2 aromatic heterocycles. The molecule has 0 radical (unpaired) electrons. The van der Waals surface area contributed by atoms with Crippen molar-refractivity contribution in [2.45, 2.75) is 6.92 Å². The van der Waals surface area contributed by atoms with Crippen LogP contribution in [-0.2, 0) is 0 Å². The highest BCUT2D eigenvalue weighted by molar-refractivity contribution is 7.80. The number of benzene rings is 3.